The Morgan fingerprint density at radius 2 is 1.81 bits per heavy atom. The van der Waals surface area contributed by atoms with Gasteiger partial charge in [0.2, 0.25) is 5.01 Å². The SMILES string of the molecule is FC(F)(F)c1cccc(N2CC=CCC2=NCc2nnc(C(F)(F)F)s2)c1. The lowest BCUT2D eigenvalue weighted by Crippen LogP contribution is -2.33. The number of aliphatic imine (C=N–C) groups is 1. The Morgan fingerprint density at radius 3 is 2.48 bits per heavy atom. The second-order valence-corrected chi connectivity index (χ2v) is 6.63. The number of anilines is 1. The molecule has 0 radical (unpaired) electrons. The summed E-state index contributed by atoms with van der Waals surface area (Å²) in [5.74, 6) is 0.445. The van der Waals surface area contributed by atoms with E-state index >= 15 is 0 Å². The fraction of sp³-hybridized carbons (Fsp3) is 0.312. The van der Waals surface area contributed by atoms with Gasteiger partial charge in [0.05, 0.1) is 12.1 Å². The molecule has 1 aromatic heterocycles. The number of aromatic nitrogens is 2. The standard InChI is InChI=1S/C16H12F6N4S/c17-15(18,19)10-4-3-5-11(8-10)26-7-2-1-6-12(26)23-9-13-24-25-14(27-13)16(20,21)22/h1-5,8H,6-7,9H2. The molecule has 2 heterocycles. The molecular weight excluding hydrogens is 394 g/mol. The summed E-state index contributed by atoms with van der Waals surface area (Å²) in [5, 5.41) is 5.57. The van der Waals surface area contributed by atoms with Gasteiger partial charge >= 0.3 is 12.4 Å². The molecule has 0 amide bonds. The third-order valence-corrected chi connectivity index (χ3v) is 4.61. The number of halogens is 6. The van der Waals surface area contributed by atoms with Crippen LogP contribution in [0.3, 0.4) is 0 Å². The van der Waals surface area contributed by atoms with Crippen LogP contribution in [0.4, 0.5) is 32.0 Å². The highest BCUT2D eigenvalue weighted by atomic mass is 32.1. The van der Waals surface area contributed by atoms with Gasteiger partial charge in [-0.3, -0.25) is 4.99 Å². The predicted octanol–water partition coefficient (Wildman–Crippen LogP) is 4.94. The summed E-state index contributed by atoms with van der Waals surface area (Å²) < 4.78 is 76.5. The number of benzene rings is 1. The third kappa shape index (κ3) is 4.65. The fourth-order valence-corrected chi connectivity index (χ4v) is 3.06. The quantitative estimate of drug-likeness (QED) is 0.536. The van der Waals surface area contributed by atoms with Gasteiger partial charge in [-0.15, -0.1) is 10.2 Å². The lowest BCUT2D eigenvalue weighted by atomic mass is 10.1. The van der Waals surface area contributed by atoms with Crippen LogP contribution in [0.25, 0.3) is 0 Å². The Balaban J connectivity index is 1.83. The van der Waals surface area contributed by atoms with E-state index in [-0.39, 0.29) is 11.6 Å². The minimum atomic E-state index is -4.57. The first kappa shape index (κ1) is 19.3. The van der Waals surface area contributed by atoms with Crippen LogP contribution in [0.5, 0.6) is 0 Å². The van der Waals surface area contributed by atoms with E-state index in [4.69, 9.17) is 0 Å². The average molecular weight is 406 g/mol. The fourth-order valence-electron chi connectivity index (χ4n) is 2.43. The van der Waals surface area contributed by atoms with E-state index in [1.165, 1.54) is 12.1 Å². The van der Waals surface area contributed by atoms with E-state index in [0.29, 0.717) is 35.8 Å². The second-order valence-electron chi connectivity index (χ2n) is 5.57. The Kier molecular flexibility index (Phi) is 5.22. The van der Waals surface area contributed by atoms with Crippen LogP contribution in [0.15, 0.2) is 41.4 Å². The Morgan fingerprint density at radius 1 is 1.04 bits per heavy atom. The van der Waals surface area contributed by atoms with Gasteiger partial charge < -0.3 is 4.90 Å². The highest BCUT2D eigenvalue weighted by Gasteiger charge is 2.35. The molecule has 11 heteroatoms. The number of hydrogen-bond donors (Lipinski definition) is 0. The van der Waals surface area contributed by atoms with Crippen molar-refractivity contribution in [1.29, 1.82) is 0 Å². The minimum absolute atomic E-state index is 0.0772. The number of nitrogens with zero attached hydrogens (tertiary/aromatic N) is 4. The molecule has 144 valence electrons. The smallest absolute Gasteiger partial charge is 0.326 e. The zero-order valence-corrected chi connectivity index (χ0v) is 14.4. The molecule has 0 unspecified atom stereocenters. The summed E-state index contributed by atoms with van der Waals surface area (Å²) in [7, 11) is 0. The second kappa shape index (κ2) is 7.29. The molecule has 4 nitrogen and oxygen atoms in total. The zero-order valence-electron chi connectivity index (χ0n) is 13.6. The van der Waals surface area contributed by atoms with Crippen molar-refractivity contribution in [2.75, 3.05) is 11.4 Å². The average Bonchev–Trinajstić information content (AvgIpc) is 3.09. The molecule has 0 saturated heterocycles. The van der Waals surface area contributed by atoms with Crippen molar-refractivity contribution in [3.63, 3.8) is 0 Å². The van der Waals surface area contributed by atoms with Crippen LogP contribution in [0, 0.1) is 0 Å². The maximum atomic E-state index is 12.9. The molecule has 27 heavy (non-hydrogen) atoms. The normalized spacial score (nSPS) is 17.0. The van der Waals surface area contributed by atoms with Crippen molar-refractivity contribution in [2.24, 2.45) is 4.99 Å². The van der Waals surface area contributed by atoms with E-state index in [0.717, 1.165) is 12.1 Å². The summed E-state index contributed by atoms with van der Waals surface area (Å²) in [4.78, 5) is 5.83. The van der Waals surface area contributed by atoms with E-state index in [2.05, 4.69) is 15.2 Å². The van der Waals surface area contributed by atoms with Gasteiger partial charge in [-0.05, 0) is 18.2 Å². The largest absolute Gasteiger partial charge is 0.445 e. The lowest BCUT2D eigenvalue weighted by molar-refractivity contribution is -0.138. The Hall–Kier alpha value is -2.43. The van der Waals surface area contributed by atoms with Crippen molar-refractivity contribution >= 4 is 22.9 Å². The highest BCUT2D eigenvalue weighted by Crippen LogP contribution is 2.33. The van der Waals surface area contributed by atoms with Crippen LogP contribution < -0.4 is 4.90 Å². The summed E-state index contributed by atoms with van der Waals surface area (Å²) in [6.45, 7) is 0.177. The highest BCUT2D eigenvalue weighted by molar-refractivity contribution is 7.11. The maximum absolute atomic E-state index is 12.9. The first-order valence-corrected chi connectivity index (χ1v) is 8.49. The van der Waals surface area contributed by atoms with E-state index in [1.807, 2.05) is 0 Å². The first-order valence-electron chi connectivity index (χ1n) is 7.67. The van der Waals surface area contributed by atoms with E-state index < -0.39 is 22.9 Å². The zero-order chi connectivity index (χ0) is 19.7. The maximum Gasteiger partial charge on any atom is 0.445 e. The van der Waals surface area contributed by atoms with Crippen LogP contribution in [0.1, 0.15) is 22.0 Å². The van der Waals surface area contributed by atoms with Crippen molar-refractivity contribution in [3.05, 3.63) is 52.0 Å². The van der Waals surface area contributed by atoms with Gasteiger partial charge in [0.15, 0.2) is 0 Å². The molecule has 0 atom stereocenters. The number of alkyl halides is 6. The monoisotopic (exact) mass is 406 g/mol. The van der Waals surface area contributed by atoms with Crippen molar-refractivity contribution in [1.82, 2.24) is 10.2 Å². The molecular formula is C16H12F6N4S. The van der Waals surface area contributed by atoms with Crippen molar-refractivity contribution in [3.8, 4) is 0 Å². The molecule has 0 spiro atoms. The van der Waals surface area contributed by atoms with Gasteiger partial charge in [-0.1, -0.05) is 29.6 Å². The Bertz CT molecular complexity index is 868. The summed E-state index contributed by atoms with van der Waals surface area (Å²) >= 11 is 0.392. The van der Waals surface area contributed by atoms with E-state index in [1.54, 1.807) is 17.1 Å². The molecule has 0 N–H and O–H groups in total. The van der Waals surface area contributed by atoms with Crippen LogP contribution >= 0.6 is 11.3 Å². The van der Waals surface area contributed by atoms with Gasteiger partial charge in [-0.25, -0.2) is 0 Å². The van der Waals surface area contributed by atoms with Gasteiger partial charge in [-0.2, -0.15) is 26.3 Å². The molecule has 1 aliphatic heterocycles. The molecule has 1 aromatic carbocycles. The van der Waals surface area contributed by atoms with Crippen LogP contribution in [-0.4, -0.2) is 22.6 Å². The first-order chi connectivity index (χ1) is 12.6. The number of rotatable bonds is 3. The van der Waals surface area contributed by atoms with Gasteiger partial charge in [0.1, 0.15) is 10.8 Å². The lowest BCUT2D eigenvalue weighted by Gasteiger charge is -2.28. The van der Waals surface area contributed by atoms with Crippen LogP contribution in [-0.2, 0) is 18.9 Å². The number of amidine groups is 1. The van der Waals surface area contributed by atoms with Crippen molar-refractivity contribution in [2.45, 2.75) is 25.3 Å². The topological polar surface area (TPSA) is 41.4 Å². The van der Waals surface area contributed by atoms with Crippen LogP contribution in [0.2, 0.25) is 0 Å². The molecule has 0 saturated carbocycles. The molecule has 0 fully saturated rings. The molecule has 0 bridgehead atoms. The predicted molar refractivity (Wildman–Crippen MR) is 88.6 cm³/mol. The third-order valence-electron chi connectivity index (χ3n) is 3.66. The molecule has 3 rings (SSSR count). The summed E-state index contributed by atoms with van der Waals surface area (Å²) in [6.07, 6.45) is -5.11. The summed E-state index contributed by atoms with van der Waals surface area (Å²) in [6, 6.07) is 4.81. The minimum Gasteiger partial charge on any atom is -0.326 e. The van der Waals surface area contributed by atoms with Gasteiger partial charge in [0, 0.05) is 18.7 Å². The summed E-state index contributed by atoms with van der Waals surface area (Å²) in [5.41, 5.74) is -0.478. The molecule has 2 aromatic rings. The van der Waals surface area contributed by atoms with E-state index in [9.17, 15) is 26.3 Å². The van der Waals surface area contributed by atoms with Gasteiger partial charge in [0.25, 0.3) is 0 Å². The number of hydrogen-bond acceptors (Lipinski definition) is 4. The van der Waals surface area contributed by atoms with Crippen molar-refractivity contribution < 1.29 is 26.3 Å². The Labute approximate surface area is 153 Å². The molecule has 1 aliphatic rings. The molecule has 0 aliphatic carbocycles.